The monoisotopic (exact) mass is 325 g/mol. The predicted octanol–water partition coefficient (Wildman–Crippen LogP) is 3.51. The van der Waals surface area contributed by atoms with Crippen LogP contribution < -0.4 is 15.2 Å². The Labute approximate surface area is 122 Å². The van der Waals surface area contributed by atoms with Gasteiger partial charge in [0.25, 0.3) is 0 Å². The van der Waals surface area contributed by atoms with Crippen molar-refractivity contribution in [1.82, 2.24) is 0 Å². The molecule has 2 N–H and O–H groups in total. The zero-order valence-corrected chi connectivity index (χ0v) is 12.9. The van der Waals surface area contributed by atoms with E-state index >= 15 is 0 Å². The fraction of sp³-hybridized carbons (Fsp3) is 0.600. The van der Waals surface area contributed by atoms with Crippen LogP contribution in [0, 0.1) is 0 Å². The van der Waals surface area contributed by atoms with Crippen LogP contribution in [0.5, 0.6) is 11.5 Å². The Balaban J connectivity index is 2.16. The molecule has 0 bridgehead atoms. The average molecular weight is 326 g/mol. The first-order valence-electron chi connectivity index (χ1n) is 7.06. The van der Waals surface area contributed by atoms with E-state index in [1.165, 1.54) is 17.5 Å². The van der Waals surface area contributed by atoms with Crippen molar-refractivity contribution in [2.24, 2.45) is 5.73 Å². The standard InChI is InChI=1S/C15H20BrNO2/c1-2-10-13(15(17)5-3-6-15)11(16)9-12-14(10)19-8-4-7-18-12/h9H,2-8,17H2,1H3. The molecule has 1 aliphatic carbocycles. The molecule has 0 spiro atoms. The van der Waals surface area contributed by atoms with Gasteiger partial charge in [-0.3, -0.25) is 0 Å². The Bertz CT molecular complexity index is 497. The molecule has 1 aromatic rings. The number of fused-ring (bicyclic) bond motifs is 1. The van der Waals surface area contributed by atoms with E-state index in [1.54, 1.807) is 0 Å². The summed E-state index contributed by atoms with van der Waals surface area (Å²) in [6.07, 6.45) is 5.16. The lowest BCUT2D eigenvalue weighted by Gasteiger charge is -2.41. The van der Waals surface area contributed by atoms with E-state index in [0.717, 1.165) is 54.9 Å². The Kier molecular flexibility index (Phi) is 3.48. The van der Waals surface area contributed by atoms with Crippen LogP contribution in [0.4, 0.5) is 0 Å². The molecule has 1 heterocycles. The molecule has 1 aliphatic heterocycles. The lowest BCUT2D eigenvalue weighted by molar-refractivity contribution is 0.248. The number of ether oxygens (including phenoxy) is 2. The van der Waals surface area contributed by atoms with Gasteiger partial charge >= 0.3 is 0 Å². The number of hydrogen-bond acceptors (Lipinski definition) is 3. The van der Waals surface area contributed by atoms with E-state index < -0.39 is 0 Å². The Morgan fingerprint density at radius 1 is 1.26 bits per heavy atom. The molecule has 1 aromatic carbocycles. The van der Waals surface area contributed by atoms with Crippen molar-refractivity contribution in [2.45, 2.75) is 44.6 Å². The summed E-state index contributed by atoms with van der Waals surface area (Å²) in [5.74, 6) is 1.77. The zero-order chi connectivity index (χ0) is 13.5. The molecular formula is C15H20BrNO2. The Morgan fingerprint density at radius 2 is 2.00 bits per heavy atom. The van der Waals surface area contributed by atoms with Crippen molar-refractivity contribution in [3.63, 3.8) is 0 Å². The molecule has 3 nitrogen and oxygen atoms in total. The Hall–Kier alpha value is -0.740. The van der Waals surface area contributed by atoms with Crippen molar-refractivity contribution >= 4 is 15.9 Å². The summed E-state index contributed by atoms with van der Waals surface area (Å²) in [6.45, 7) is 3.59. The highest BCUT2D eigenvalue weighted by atomic mass is 79.9. The number of halogens is 1. The highest BCUT2D eigenvalue weighted by Crippen LogP contribution is 2.49. The molecule has 1 fully saturated rings. The molecule has 4 heteroatoms. The number of benzene rings is 1. The van der Waals surface area contributed by atoms with Crippen LogP contribution >= 0.6 is 15.9 Å². The van der Waals surface area contributed by atoms with Gasteiger partial charge in [0.15, 0.2) is 11.5 Å². The van der Waals surface area contributed by atoms with E-state index in [4.69, 9.17) is 15.2 Å². The maximum absolute atomic E-state index is 6.55. The summed E-state index contributed by atoms with van der Waals surface area (Å²) < 4.78 is 12.8. The fourth-order valence-electron chi connectivity index (χ4n) is 3.02. The predicted molar refractivity (Wildman–Crippen MR) is 78.8 cm³/mol. The van der Waals surface area contributed by atoms with Gasteiger partial charge in [-0.05, 0) is 37.3 Å². The van der Waals surface area contributed by atoms with Crippen LogP contribution in [0.1, 0.15) is 43.7 Å². The largest absolute Gasteiger partial charge is 0.490 e. The topological polar surface area (TPSA) is 44.5 Å². The highest BCUT2D eigenvalue weighted by molar-refractivity contribution is 9.10. The van der Waals surface area contributed by atoms with E-state index in [0.29, 0.717) is 0 Å². The smallest absolute Gasteiger partial charge is 0.164 e. The lowest BCUT2D eigenvalue weighted by atomic mass is 9.71. The first-order valence-corrected chi connectivity index (χ1v) is 7.85. The van der Waals surface area contributed by atoms with Gasteiger partial charge in [-0.25, -0.2) is 0 Å². The van der Waals surface area contributed by atoms with Gasteiger partial charge in [0.1, 0.15) is 0 Å². The maximum Gasteiger partial charge on any atom is 0.164 e. The average Bonchev–Trinajstić information content (AvgIpc) is 2.59. The second kappa shape index (κ2) is 4.98. The summed E-state index contributed by atoms with van der Waals surface area (Å²) >= 11 is 3.69. The molecule has 1 saturated carbocycles. The first kappa shape index (κ1) is 13.3. The van der Waals surface area contributed by atoms with Crippen LogP contribution in [0.2, 0.25) is 0 Å². The first-order chi connectivity index (χ1) is 9.15. The molecule has 0 unspecified atom stereocenters. The van der Waals surface area contributed by atoms with Gasteiger partial charge in [-0.2, -0.15) is 0 Å². The number of rotatable bonds is 2. The molecule has 0 saturated heterocycles. The molecule has 0 aromatic heterocycles. The van der Waals surface area contributed by atoms with Crippen molar-refractivity contribution < 1.29 is 9.47 Å². The van der Waals surface area contributed by atoms with Crippen LogP contribution in [0.25, 0.3) is 0 Å². The molecule has 19 heavy (non-hydrogen) atoms. The Morgan fingerprint density at radius 3 is 2.63 bits per heavy atom. The van der Waals surface area contributed by atoms with E-state index in [2.05, 4.69) is 22.9 Å². The molecule has 0 atom stereocenters. The van der Waals surface area contributed by atoms with Crippen LogP contribution in [0.15, 0.2) is 10.5 Å². The summed E-state index contributed by atoms with van der Waals surface area (Å²) in [7, 11) is 0. The van der Waals surface area contributed by atoms with Gasteiger partial charge in [-0.15, -0.1) is 0 Å². The third-order valence-corrected chi connectivity index (χ3v) is 4.81. The molecule has 2 aliphatic rings. The normalized spacial score (nSPS) is 20.6. The third-order valence-electron chi connectivity index (χ3n) is 4.19. The highest BCUT2D eigenvalue weighted by Gasteiger charge is 2.39. The van der Waals surface area contributed by atoms with E-state index in [9.17, 15) is 0 Å². The van der Waals surface area contributed by atoms with Crippen LogP contribution in [0.3, 0.4) is 0 Å². The fourth-order valence-corrected chi connectivity index (χ4v) is 3.87. The number of nitrogens with two attached hydrogens (primary N) is 1. The summed E-state index contributed by atoms with van der Waals surface area (Å²) in [5, 5.41) is 0. The minimum atomic E-state index is -0.186. The van der Waals surface area contributed by atoms with Crippen LogP contribution in [-0.2, 0) is 12.0 Å². The van der Waals surface area contributed by atoms with Crippen molar-refractivity contribution in [1.29, 1.82) is 0 Å². The van der Waals surface area contributed by atoms with Gasteiger partial charge in [0, 0.05) is 22.0 Å². The summed E-state index contributed by atoms with van der Waals surface area (Å²) in [6, 6.07) is 2.03. The molecule has 0 amide bonds. The van der Waals surface area contributed by atoms with E-state index in [1.807, 2.05) is 6.07 Å². The van der Waals surface area contributed by atoms with Gasteiger partial charge in [0.05, 0.1) is 13.2 Å². The quantitative estimate of drug-likeness (QED) is 0.904. The minimum absolute atomic E-state index is 0.186. The summed E-state index contributed by atoms with van der Waals surface area (Å²) in [5.41, 5.74) is 8.81. The summed E-state index contributed by atoms with van der Waals surface area (Å²) in [4.78, 5) is 0. The van der Waals surface area contributed by atoms with Crippen molar-refractivity contribution in [2.75, 3.05) is 13.2 Å². The lowest BCUT2D eigenvalue weighted by Crippen LogP contribution is -2.44. The van der Waals surface area contributed by atoms with Crippen molar-refractivity contribution in [3.05, 3.63) is 21.7 Å². The molecule has 104 valence electrons. The maximum atomic E-state index is 6.55. The van der Waals surface area contributed by atoms with Crippen LogP contribution in [-0.4, -0.2) is 13.2 Å². The van der Waals surface area contributed by atoms with Crippen molar-refractivity contribution in [3.8, 4) is 11.5 Å². The minimum Gasteiger partial charge on any atom is -0.490 e. The third kappa shape index (κ3) is 2.15. The van der Waals surface area contributed by atoms with Gasteiger partial charge in [-0.1, -0.05) is 22.9 Å². The second-order valence-corrected chi connectivity index (χ2v) is 6.31. The molecular weight excluding hydrogens is 306 g/mol. The molecule has 0 radical (unpaired) electrons. The SMILES string of the molecule is CCc1c2c(cc(Br)c1C1(N)CCC1)OCCCO2. The van der Waals surface area contributed by atoms with Gasteiger partial charge in [0.2, 0.25) is 0 Å². The molecule has 3 rings (SSSR count). The van der Waals surface area contributed by atoms with E-state index in [-0.39, 0.29) is 5.54 Å². The zero-order valence-electron chi connectivity index (χ0n) is 11.3. The van der Waals surface area contributed by atoms with Gasteiger partial charge < -0.3 is 15.2 Å². The number of hydrogen-bond donors (Lipinski definition) is 1. The second-order valence-electron chi connectivity index (χ2n) is 5.45.